The summed E-state index contributed by atoms with van der Waals surface area (Å²) in [6.07, 6.45) is 2.01. The number of rotatable bonds is 5. The Hall–Kier alpha value is -1.44. The van der Waals surface area contributed by atoms with Gasteiger partial charge in [0.1, 0.15) is 0 Å². The van der Waals surface area contributed by atoms with Gasteiger partial charge < -0.3 is 0 Å². The van der Waals surface area contributed by atoms with Crippen molar-refractivity contribution in [1.29, 1.82) is 0 Å². The molecule has 0 unspecified atom stereocenters. The highest BCUT2D eigenvalue weighted by atomic mass is 15.2. The van der Waals surface area contributed by atoms with Gasteiger partial charge in [0, 0.05) is 6.72 Å². The molecule has 1 aromatic rings. The van der Waals surface area contributed by atoms with E-state index >= 15 is 0 Å². The zero-order chi connectivity index (χ0) is 12.0. The summed E-state index contributed by atoms with van der Waals surface area (Å²) in [7, 11) is 0. The molecular formula is C14H20N2. The highest BCUT2D eigenvalue weighted by molar-refractivity contribution is 6.00. The SMILES string of the molecule is C=N/N=C(\CCC)c1ccc(C(C)C)cc1. The van der Waals surface area contributed by atoms with Gasteiger partial charge in [-0.05, 0) is 23.5 Å². The van der Waals surface area contributed by atoms with Gasteiger partial charge in [-0.3, -0.25) is 0 Å². The van der Waals surface area contributed by atoms with Gasteiger partial charge in [0.05, 0.1) is 5.71 Å². The number of hydrogen-bond acceptors (Lipinski definition) is 2. The van der Waals surface area contributed by atoms with Crippen molar-refractivity contribution in [2.45, 2.75) is 39.5 Å². The van der Waals surface area contributed by atoms with Crippen LogP contribution in [0.4, 0.5) is 0 Å². The molecule has 0 atom stereocenters. The van der Waals surface area contributed by atoms with Gasteiger partial charge in [0.2, 0.25) is 0 Å². The van der Waals surface area contributed by atoms with Gasteiger partial charge >= 0.3 is 0 Å². The van der Waals surface area contributed by atoms with E-state index in [0.29, 0.717) is 5.92 Å². The molecule has 0 aliphatic rings. The highest BCUT2D eigenvalue weighted by Gasteiger charge is 2.04. The molecule has 0 saturated heterocycles. The second-order valence-corrected chi connectivity index (χ2v) is 4.21. The van der Waals surface area contributed by atoms with Crippen LogP contribution in [0.2, 0.25) is 0 Å². The first-order chi connectivity index (χ1) is 7.69. The zero-order valence-electron chi connectivity index (χ0n) is 10.4. The van der Waals surface area contributed by atoms with Crippen molar-refractivity contribution in [2.24, 2.45) is 10.2 Å². The standard InChI is InChI=1S/C14H20N2/c1-5-6-14(16-15-4)13-9-7-12(8-10-13)11(2)3/h7-11H,4-6H2,1-3H3/b16-14+. The minimum atomic E-state index is 0.568. The Morgan fingerprint density at radius 2 is 1.88 bits per heavy atom. The van der Waals surface area contributed by atoms with Crippen LogP contribution in [-0.2, 0) is 0 Å². The van der Waals surface area contributed by atoms with Crippen LogP contribution in [0.1, 0.15) is 50.7 Å². The molecule has 0 aliphatic heterocycles. The third kappa shape index (κ3) is 3.30. The Kier molecular flexibility index (Phi) is 4.90. The van der Waals surface area contributed by atoms with Crippen molar-refractivity contribution in [2.75, 3.05) is 0 Å². The summed E-state index contributed by atoms with van der Waals surface area (Å²) < 4.78 is 0. The Morgan fingerprint density at radius 1 is 1.25 bits per heavy atom. The summed E-state index contributed by atoms with van der Waals surface area (Å²) in [5, 5.41) is 7.72. The summed E-state index contributed by atoms with van der Waals surface area (Å²) in [5.41, 5.74) is 3.53. The van der Waals surface area contributed by atoms with Crippen LogP contribution in [0.5, 0.6) is 0 Å². The van der Waals surface area contributed by atoms with E-state index in [0.717, 1.165) is 24.1 Å². The lowest BCUT2D eigenvalue weighted by Gasteiger charge is -2.07. The number of hydrogen-bond donors (Lipinski definition) is 0. The van der Waals surface area contributed by atoms with E-state index in [1.54, 1.807) is 0 Å². The molecule has 0 amide bonds. The lowest BCUT2D eigenvalue weighted by atomic mass is 9.99. The summed E-state index contributed by atoms with van der Waals surface area (Å²) in [6, 6.07) is 8.56. The van der Waals surface area contributed by atoms with Crippen molar-refractivity contribution in [1.82, 2.24) is 0 Å². The van der Waals surface area contributed by atoms with E-state index in [1.807, 2.05) is 0 Å². The van der Waals surface area contributed by atoms with E-state index in [1.165, 1.54) is 5.56 Å². The Bertz CT molecular complexity index is 361. The lowest BCUT2D eigenvalue weighted by Crippen LogP contribution is -2.00. The average molecular weight is 216 g/mol. The van der Waals surface area contributed by atoms with Crippen molar-refractivity contribution in [3.05, 3.63) is 35.4 Å². The summed E-state index contributed by atoms with van der Waals surface area (Å²) in [5.74, 6) is 0.568. The molecule has 86 valence electrons. The van der Waals surface area contributed by atoms with Crippen LogP contribution in [0.25, 0.3) is 0 Å². The topological polar surface area (TPSA) is 24.7 Å². The molecule has 0 saturated carbocycles. The molecule has 16 heavy (non-hydrogen) atoms. The molecule has 2 heteroatoms. The second kappa shape index (κ2) is 6.21. The Balaban J connectivity index is 2.94. The maximum absolute atomic E-state index is 4.09. The van der Waals surface area contributed by atoms with E-state index in [2.05, 4.69) is 62.0 Å². The fraction of sp³-hybridized carbons (Fsp3) is 0.429. The van der Waals surface area contributed by atoms with Crippen LogP contribution in [-0.4, -0.2) is 12.4 Å². The molecule has 1 aromatic carbocycles. The molecule has 2 nitrogen and oxygen atoms in total. The van der Waals surface area contributed by atoms with Crippen LogP contribution in [0.3, 0.4) is 0 Å². The van der Waals surface area contributed by atoms with Crippen LogP contribution >= 0.6 is 0 Å². The van der Waals surface area contributed by atoms with E-state index in [-0.39, 0.29) is 0 Å². The smallest absolute Gasteiger partial charge is 0.0702 e. The van der Waals surface area contributed by atoms with E-state index in [9.17, 15) is 0 Å². The van der Waals surface area contributed by atoms with Gasteiger partial charge in [0.15, 0.2) is 0 Å². The first-order valence-corrected chi connectivity index (χ1v) is 5.82. The Morgan fingerprint density at radius 3 is 2.31 bits per heavy atom. The predicted molar refractivity (Wildman–Crippen MR) is 71.5 cm³/mol. The third-order valence-electron chi connectivity index (χ3n) is 2.59. The summed E-state index contributed by atoms with van der Waals surface area (Å²) >= 11 is 0. The predicted octanol–water partition coefficient (Wildman–Crippen LogP) is 4.01. The fourth-order valence-electron chi connectivity index (χ4n) is 1.63. The molecule has 1 rings (SSSR count). The molecule has 0 spiro atoms. The minimum absolute atomic E-state index is 0.568. The lowest BCUT2D eigenvalue weighted by molar-refractivity contribution is 0.866. The van der Waals surface area contributed by atoms with Crippen LogP contribution < -0.4 is 0 Å². The largest absolute Gasteiger partial charge is 0.167 e. The van der Waals surface area contributed by atoms with Crippen molar-refractivity contribution >= 4 is 12.4 Å². The van der Waals surface area contributed by atoms with Gasteiger partial charge in [0.25, 0.3) is 0 Å². The van der Waals surface area contributed by atoms with Crippen molar-refractivity contribution < 1.29 is 0 Å². The molecule has 0 aromatic heterocycles. The molecule has 0 radical (unpaired) electrons. The van der Waals surface area contributed by atoms with Gasteiger partial charge in [-0.2, -0.15) is 10.2 Å². The van der Waals surface area contributed by atoms with E-state index in [4.69, 9.17) is 0 Å². The summed E-state index contributed by atoms with van der Waals surface area (Å²) in [4.78, 5) is 0. The number of benzene rings is 1. The monoisotopic (exact) mass is 216 g/mol. The molecule has 0 bridgehead atoms. The summed E-state index contributed by atoms with van der Waals surface area (Å²) in [6.45, 7) is 9.95. The van der Waals surface area contributed by atoms with E-state index < -0.39 is 0 Å². The average Bonchev–Trinajstić information content (AvgIpc) is 2.29. The molecule has 0 N–H and O–H groups in total. The first kappa shape index (κ1) is 12.6. The molecule has 0 heterocycles. The van der Waals surface area contributed by atoms with Crippen molar-refractivity contribution in [3.63, 3.8) is 0 Å². The maximum Gasteiger partial charge on any atom is 0.0702 e. The highest BCUT2D eigenvalue weighted by Crippen LogP contribution is 2.16. The Labute approximate surface area is 98.1 Å². The maximum atomic E-state index is 4.09. The van der Waals surface area contributed by atoms with Gasteiger partial charge in [-0.15, -0.1) is 0 Å². The molecule has 0 fully saturated rings. The first-order valence-electron chi connectivity index (χ1n) is 5.82. The number of nitrogens with zero attached hydrogens (tertiary/aromatic N) is 2. The van der Waals surface area contributed by atoms with Crippen LogP contribution in [0, 0.1) is 0 Å². The zero-order valence-corrected chi connectivity index (χ0v) is 10.4. The van der Waals surface area contributed by atoms with Gasteiger partial charge in [-0.1, -0.05) is 51.5 Å². The third-order valence-corrected chi connectivity index (χ3v) is 2.59. The fourth-order valence-corrected chi connectivity index (χ4v) is 1.63. The molecular weight excluding hydrogens is 196 g/mol. The second-order valence-electron chi connectivity index (χ2n) is 4.21. The minimum Gasteiger partial charge on any atom is -0.167 e. The normalized spacial score (nSPS) is 11.9. The van der Waals surface area contributed by atoms with Gasteiger partial charge in [-0.25, -0.2) is 0 Å². The van der Waals surface area contributed by atoms with Crippen LogP contribution in [0.15, 0.2) is 34.5 Å². The molecule has 0 aliphatic carbocycles. The van der Waals surface area contributed by atoms with Crippen molar-refractivity contribution in [3.8, 4) is 0 Å². The quantitative estimate of drug-likeness (QED) is 0.524.